The predicted molar refractivity (Wildman–Crippen MR) is 48.0 cm³/mol. The van der Waals surface area contributed by atoms with Gasteiger partial charge in [-0.15, -0.1) is 0 Å². The molecule has 0 aromatic carbocycles. The molecular formula is C7H7N3O2S. The van der Waals surface area contributed by atoms with Crippen LogP contribution in [0.2, 0.25) is 0 Å². The number of hydrogen-bond donors (Lipinski definition) is 1. The highest BCUT2D eigenvalue weighted by Gasteiger charge is 2.05. The number of aryl methyl sites for hydroxylation is 1. The minimum Gasteiger partial charge on any atom is -0.241 e. The normalized spacial score (nSPS) is 11.2. The third kappa shape index (κ3) is 1.19. The van der Waals surface area contributed by atoms with Crippen LogP contribution in [0.1, 0.15) is 5.69 Å². The van der Waals surface area contributed by atoms with Crippen LogP contribution in [0.3, 0.4) is 0 Å². The number of fused-ring (bicyclic) bond motifs is 1. The van der Waals surface area contributed by atoms with Gasteiger partial charge in [0.25, 0.3) is 0 Å². The molecule has 0 saturated carbocycles. The van der Waals surface area contributed by atoms with Crippen molar-refractivity contribution in [1.29, 1.82) is 0 Å². The molecule has 2 heterocycles. The fraction of sp³-hybridized carbons (Fsp3) is 0.143. The lowest BCUT2D eigenvalue weighted by atomic mass is 10.3. The molecule has 5 nitrogen and oxygen atoms in total. The molecule has 0 spiro atoms. The summed E-state index contributed by atoms with van der Waals surface area (Å²) in [4.78, 5) is 7.85. The molecule has 6 heteroatoms. The molecule has 0 aliphatic carbocycles. The van der Waals surface area contributed by atoms with Gasteiger partial charge in [0.1, 0.15) is 6.33 Å². The van der Waals surface area contributed by atoms with Crippen LogP contribution in [0.25, 0.3) is 11.0 Å². The molecule has 0 fully saturated rings. The highest BCUT2D eigenvalue weighted by atomic mass is 32.2. The lowest BCUT2D eigenvalue weighted by Crippen LogP contribution is -1.95. The molecule has 0 amide bonds. The van der Waals surface area contributed by atoms with Crippen LogP contribution in [0.15, 0.2) is 18.6 Å². The number of rotatable bonds is 1. The van der Waals surface area contributed by atoms with Crippen molar-refractivity contribution in [3.8, 4) is 0 Å². The Labute approximate surface area is 76.1 Å². The molecule has 2 aromatic rings. The van der Waals surface area contributed by atoms with E-state index in [0.717, 1.165) is 15.1 Å². The molecule has 0 N–H and O–H groups in total. The summed E-state index contributed by atoms with van der Waals surface area (Å²) < 4.78 is 22.6. The van der Waals surface area contributed by atoms with E-state index in [0.29, 0.717) is 5.65 Å². The summed E-state index contributed by atoms with van der Waals surface area (Å²) in [5.74, 6) is 0. The second-order valence-electron chi connectivity index (χ2n) is 2.59. The molecule has 13 heavy (non-hydrogen) atoms. The Morgan fingerprint density at radius 2 is 2.15 bits per heavy atom. The van der Waals surface area contributed by atoms with Crippen LogP contribution >= 0.6 is 0 Å². The maximum atomic E-state index is 10.7. The standard InChI is InChI=1S/C7H7N3O2S/c1-5-6-2-3-10(13(11)12)7(6)9-4-8-5/h2-4,13H,1H3. The van der Waals surface area contributed by atoms with Crippen molar-refractivity contribution in [2.24, 2.45) is 0 Å². The molecule has 0 aliphatic rings. The van der Waals surface area contributed by atoms with E-state index in [2.05, 4.69) is 9.97 Å². The number of thiol groups is 1. The first-order chi connectivity index (χ1) is 6.20. The van der Waals surface area contributed by atoms with E-state index in [1.807, 2.05) is 6.92 Å². The topological polar surface area (TPSA) is 64.8 Å². The zero-order chi connectivity index (χ0) is 9.42. The van der Waals surface area contributed by atoms with Gasteiger partial charge in [-0.25, -0.2) is 22.4 Å². The van der Waals surface area contributed by atoms with Gasteiger partial charge in [0.2, 0.25) is 10.9 Å². The molecule has 2 rings (SSSR count). The summed E-state index contributed by atoms with van der Waals surface area (Å²) in [7, 11) is -2.64. The third-order valence-corrected chi connectivity index (χ3v) is 2.51. The number of nitrogens with zero attached hydrogens (tertiary/aromatic N) is 3. The van der Waals surface area contributed by atoms with Crippen molar-refractivity contribution < 1.29 is 8.42 Å². The zero-order valence-electron chi connectivity index (χ0n) is 6.84. The average Bonchev–Trinajstić information content (AvgIpc) is 2.48. The fourth-order valence-corrected chi connectivity index (χ4v) is 1.69. The molecule has 0 aliphatic heterocycles. The van der Waals surface area contributed by atoms with Gasteiger partial charge in [0, 0.05) is 11.6 Å². The van der Waals surface area contributed by atoms with Gasteiger partial charge in [-0.05, 0) is 13.0 Å². The molecule has 0 atom stereocenters. The maximum Gasteiger partial charge on any atom is 0.230 e. The van der Waals surface area contributed by atoms with E-state index in [9.17, 15) is 8.42 Å². The molecule has 0 unspecified atom stereocenters. The van der Waals surface area contributed by atoms with Crippen molar-refractivity contribution in [2.45, 2.75) is 6.92 Å². The van der Waals surface area contributed by atoms with Crippen molar-refractivity contribution in [2.75, 3.05) is 0 Å². The third-order valence-electron chi connectivity index (χ3n) is 1.84. The lowest BCUT2D eigenvalue weighted by Gasteiger charge is -1.94. The molecule has 68 valence electrons. The Morgan fingerprint density at radius 1 is 1.38 bits per heavy atom. The zero-order valence-corrected chi connectivity index (χ0v) is 7.73. The fourth-order valence-electron chi connectivity index (χ4n) is 1.20. The van der Waals surface area contributed by atoms with Gasteiger partial charge < -0.3 is 0 Å². The molecule has 0 saturated heterocycles. The molecular weight excluding hydrogens is 190 g/mol. The Kier molecular flexibility index (Phi) is 1.77. The monoisotopic (exact) mass is 197 g/mol. The van der Waals surface area contributed by atoms with Gasteiger partial charge in [0.15, 0.2) is 5.65 Å². The first-order valence-corrected chi connectivity index (χ1v) is 4.76. The van der Waals surface area contributed by atoms with Crippen LogP contribution in [0.5, 0.6) is 0 Å². The molecule has 0 bridgehead atoms. The Balaban J connectivity index is 2.90. The Hall–Kier alpha value is -1.43. The van der Waals surface area contributed by atoms with E-state index in [1.165, 1.54) is 12.5 Å². The van der Waals surface area contributed by atoms with E-state index in [4.69, 9.17) is 0 Å². The van der Waals surface area contributed by atoms with Crippen molar-refractivity contribution >= 4 is 21.9 Å². The molecule has 0 radical (unpaired) electrons. The molecule has 2 aromatic heterocycles. The summed E-state index contributed by atoms with van der Waals surface area (Å²) >= 11 is 0. The summed E-state index contributed by atoms with van der Waals surface area (Å²) in [6.45, 7) is 1.81. The van der Waals surface area contributed by atoms with Gasteiger partial charge in [-0.1, -0.05) is 0 Å². The van der Waals surface area contributed by atoms with E-state index in [-0.39, 0.29) is 0 Å². The van der Waals surface area contributed by atoms with Crippen LogP contribution in [0, 0.1) is 6.92 Å². The highest BCUT2D eigenvalue weighted by Crippen LogP contribution is 2.14. The van der Waals surface area contributed by atoms with Gasteiger partial charge >= 0.3 is 0 Å². The van der Waals surface area contributed by atoms with Crippen LogP contribution < -0.4 is 0 Å². The Bertz CT molecular complexity index is 522. The van der Waals surface area contributed by atoms with Gasteiger partial charge in [-0.2, -0.15) is 0 Å². The Morgan fingerprint density at radius 3 is 2.85 bits per heavy atom. The first-order valence-electron chi connectivity index (χ1n) is 3.63. The van der Waals surface area contributed by atoms with E-state index in [1.54, 1.807) is 6.07 Å². The minimum atomic E-state index is -2.64. The summed E-state index contributed by atoms with van der Waals surface area (Å²) in [5, 5.41) is 0.765. The minimum absolute atomic E-state index is 0.434. The van der Waals surface area contributed by atoms with Gasteiger partial charge in [-0.3, -0.25) is 0 Å². The quantitative estimate of drug-likeness (QED) is 0.659. The lowest BCUT2D eigenvalue weighted by molar-refractivity contribution is 0.608. The second-order valence-corrected chi connectivity index (χ2v) is 3.50. The number of aromatic nitrogens is 3. The predicted octanol–water partition coefficient (Wildman–Crippen LogP) is 0.114. The maximum absolute atomic E-state index is 10.7. The van der Waals surface area contributed by atoms with Crippen molar-refractivity contribution in [1.82, 2.24) is 13.9 Å². The van der Waals surface area contributed by atoms with Crippen molar-refractivity contribution in [3.63, 3.8) is 0 Å². The second kappa shape index (κ2) is 2.81. The van der Waals surface area contributed by atoms with Crippen LogP contribution in [0.4, 0.5) is 0 Å². The highest BCUT2D eigenvalue weighted by molar-refractivity contribution is 7.71. The summed E-state index contributed by atoms with van der Waals surface area (Å²) in [6, 6.07) is 1.69. The smallest absolute Gasteiger partial charge is 0.230 e. The summed E-state index contributed by atoms with van der Waals surface area (Å²) in [5.41, 5.74) is 1.21. The van der Waals surface area contributed by atoms with E-state index < -0.39 is 10.9 Å². The largest absolute Gasteiger partial charge is 0.241 e. The average molecular weight is 197 g/mol. The van der Waals surface area contributed by atoms with Crippen LogP contribution in [-0.2, 0) is 10.9 Å². The van der Waals surface area contributed by atoms with Crippen molar-refractivity contribution in [3.05, 3.63) is 24.3 Å². The first kappa shape index (κ1) is 8.18. The number of hydrogen-bond acceptors (Lipinski definition) is 4. The van der Waals surface area contributed by atoms with Crippen LogP contribution in [-0.4, -0.2) is 22.4 Å². The van der Waals surface area contributed by atoms with E-state index >= 15 is 0 Å². The SMILES string of the molecule is Cc1ncnc2c1ccn2[SH](=O)=O. The summed E-state index contributed by atoms with van der Waals surface area (Å²) in [6.07, 6.45) is 2.82. The van der Waals surface area contributed by atoms with Gasteiger partial charge in [0.05, 0.1) is 5.69 Å².